The fraction of sp³-hybridized carbons (Fsp3) is 0.385. The SMILES string of the molecule is Cc1cc(C)cc(CC(O)c2c(Br)nnn2C)c1. The summed E-state index contributed by atoms with van der Waals surface area (Å²) >= 11 is 3.31. The highest BCUT2D eigenvalue weighted by Gasteiger charge is 2.18. The number of hydrogen-bond donors (Lipinski definition) is 1. The largest absolute Gasteiger partial charge is 0.386 e. The van der Waals surface area contributed by atoms with Crippen LogP contribution in [0.25, 0.3) is 0 Å². The molecule has 1 heterocycles. The molecule has 0 bridgehead atoms. The highest BCUT2D eigenvalue weighted by atomic mass is 79.9. The van der Waals surface area contributed by atoms with Gasteiger partial charge in [0.1, 0.15) is 11.8 Å². The van der Waals surface area contributed by atoms with Crippen LogP contribution >= 0.6 is 15.9 Å². The Morgan fingerprint density at radius 2 is 1.89 bits per heavy atom. The van der Waals surface area contributed by atoms with Gasteiger partial charge in [-0.05, 0) is 35.3 Å². The van der Waals surface area contributed by atoms with E-state index in [1.165, 1.54) is 11.1 Å². The van der Waals surface area contributed by atoms with Crippen molar-refractivity contribution in [2.24, 2.45) is 7.05 Å². The van der Waals surface area contributed by atoms with Gasteiger partial charge >= 0.3 is 0 Å². The van der Waals surface area contributed by atoms with E-state index < -0.39 is 6.10 Å². The minimum Gasteiger partial charge on any atom is -0.386 e. The molecule has 1 N–H and O–H groups in total. The number of rotatable bonds is 3. The maximum atomic E-state index is 10.3. The molecule has 1 atom stereocenters. The topological polar surface area (TPSA) is 50.9 Å². The van der Waals surface area contributed by atoms with Crippen LogP contribution in [0.15, 0.2) is 22.8 Å². The van der Waals surface area contributed by atoms with Crippen LogP contribution in [0.5, 0.6) is 0 Å². The Morgan fingerprint density at radius 1 is 1.28 bits per heavy atom. The molecule has 96 valence electrons. The summed E-state index contributed by atoms with van der Waals surface area (Å²) in [5.74, 6) is 0. The number of aliphatic hydroxyl groups excluding tert-OH is 1. The van der Waals surface area contributed by atoms with Crippen molar-refractivity contribution in [3.05, 3.63) is 45.2 Å². The maximum absolute atomic E-state index is 10.3. The fourth-order valence-corrected chi connectivity index (χ4v) is 2.79. The molecule has 0 saturated carbocycles. The van der Waals surface area contributed by atoms with Crippen molar-refractivity contribution in [2.75, 3.05) is 0 Å². The Hall–Kier alpha value is -1.20. The van der Waals surface area contributed by atoms with E-state index in [9.17, 15) is 5.11 Å². The summed E-state index contributed by atoms with van der Waals surface area (Å²) < 4.78 is 2.19. The molecule has 0 fully saturated rings. The van der Waals surface area contributed by atoms with Crippen LogP contribution in [0.3, 0.4) is 0 Å². The minimum atomic E-state index is -0.611. The average Bonchev–Trinajstić information content (AvgIpc) is 2.56. The van der Waals surface area contributed by atoms with Crippen molar-refractivity contribution in [1.29, 1.82) is 0 Å². The molecule has 0 spiro atoms. The first-order chi connectivity index (χ1) is 8.47. The number of benzene rings is 1. The third-order valence-corrected chi connectivity index (χ3v) is 3.42. The van der Waals surface area contributed by atoms with Crippen LogP contribution < -0.4 is 0 Å². The molecule has 1 aromatic heterocycles. The van der Waals surface area contributed by atoms with E-state index in [0.717, 1.165) is 5.56 Å². The van der Waals surface area contributed by atoms with Gasteiger partial charge in [-0.25, -0.2) is 4.68 Å². The van der Waals surface area contributed by atoms with Crippen molar-refractivity contribution >= 4 is 15.9 Å². The minimum absolute atomic E-state index is 0.558. The zero-order chi connectivity index (χ0) is 13.3. The van der Waals surface area contributed by atoms with E-state index in [-0.39, 0.29) is 0 Å². The molecule has 0 aliphatic heterocycles. The van der Waals surface area contributed by atoms with E-state index in [2.05, 4.69) is 58.3 Å². The van der Waals surface area contributed by atoms with Gasteiger partial charge in [0.2, 0.25) is 0 Å². The van der Waals surface area contributed by atoms with Crippen LogP contribution in [0.2, 0.25) is 0 Å². The smallest absolute Gasteiger partial charge is 0.154 e. The molecule has 2 aromatic rings. The summed E-state index contributed by atoms with van der Waals surface area (Å²) in [5.41, 5.74) is 4.24. The lowest BCUT2D eigenvalue weighted by Crippen LogP contribution is -2.08. The summed E-state index contributed by atoms with van der Waals surface area (Å²) in [4.78, 5) is 0. The second kappa shape index (κ2) is 5.20. The normalized spacial score (nSPS) is 12.7. The Bertz CT molecular complexity index is 526. The van der Waals surface area contributed by atoms with Gasteiger partial charge in [-0.15, -0.1) is 5.10 Å². The van der Waals surface area contributed by atoms with Gasteiger partial charge in [0.25, 0.3) is 0 Å². The number of aromatic nitrogens is 3. The summed E-state index contributed by atoms with van der Waals surface area (Å²) in [7, 11) is 1.78. The number of aliphatic hydroxyl groups is 1. The Kier molecular flexibility index (Phi) is 3.82. The van der Waals surface area contributed by atoms with Gasteiger partial charge < -0.3 is 5.11 Å². The second-order valence-electron chi connectivity index (χ2n) is 4.60. The van der Waals surface area contributed by atoms with Gasteiger partial charge in [-0.1, -0.05) is 34.5 Å². The predicted molar refractivity (Wildman–Crippen MR) is 73.3 cm³/mol. The molecule has 0 aliphatic carbocycles. The third kappa shape index (κ3) is 2.79. The molecule has 1 aromatic carbocycles. The molecule has 2 rings (SSSR count). The highest BCUT2D eigenvalue weighted by molar-refractivity contribution is 9.10. The van der Waals surface area contributed by atoms with E-state index in [1.807, 2.05) is 0 Å². The van der Waals surface area contributed by atoms with Crippen LogP contribution in [0, 0.1) is 13.8 Å². The molecule has 18 heavy (non-hydrogen) atoms. The first-order valence-corrected chi connectivity index (χ1v) is 6.57. The molecular formula is C13H16BrN3O. The molecule has 1 unspecified atom stereocenters. The van der Waals surface area contributed by atoms with Gasteiger partial charge in [0.05, 0.1) is 0 Å². The quantitative estimate of drug-likeness (QED) is 0.947. The first-order valence-electron chi connectivity index (χ1n) is 5.77. The van der Waals surface area contributed by atoms with Gasteiger partial charge in [-0.2, -0.15) is 0 Å². The van der Waals surface area contributed by atoms with Crippen LogP contribution in [0.1, 0.15) is 28.5 Å². The molecule has 4 nitrogen and oxygen atoms in total. The predicted octanol–water partition coefficient (Wildman–Crippen LogP) is 2.47. The van der Waals surface area contributed by atoms with Gasteiger partial charge in [0.15, 0.2) is 4.60 Å². The number of halogens is 1. The van der Waals surface area contributed by atoms with Crippen molar-refractivity contribution in [2.45, 2.75) is 26.4 Å². The molecule has 0 aliphatic rings. The fourth-order valence-electron chi connectivity index (χ4n) is 2.20. The van der Waals surface area contributed by atoms with Crippen LogP contribution in [0.4, 0.5) is 0 Å². The Balaban J connectivity index is 2.24. The van der Waals surface area contributed by atoms with Crippen molar-refractivity contribution in [3.8, 4) is 0 Å². The summed E-state index contributed by atoms with van der Waals surface area (Å²) in [5, 5.41) is 18.0. The summed E-state index contributed by atoms with van der Waals surface area (Å²) in [6, 6.07) is 6.30. The van der Waals surface area contributed by atoms with Gasteiger partial charge in [0, 0.05) is 13.5 Å². The van der Waals surface area contributed by atoms with Gasteiger partial charge in [-0.3, -0.25) is 0 Å². The lowest BCUT2D eigenvalue weighted by atomic mass is 10.0. The van der Waals surface area contributed by atoms with E-state index >= 15 is 0 Å². The number of nitrogens with zero attached hydrogens (tertiary/aromatic N) is 3. The van der Waals surface area contributed by atoms with E-state index in [1.54, 1.807) is 11.7 Å². The van der Waals surface area contributed by atoms with Crippen molar-refractivity contribution in [3.63, 3.8) is 0 Å². The first kappa shape index (κ1) is 13.2. The zero-order valence-electron chi connectivity index (χ0n) is 10.7. The number of aryl methyl sites for hydroxylation is 3. The van der Waals surface area contributed by atoms with Crippen molar-refractivity contribution in [1.82, 2.24) is 15.0 Å². The lowest BCUT2D eigenvalue weighted by molar-refractivity contribution is 0.167. The molecule has 0 saturated heterocycles. The Labute approximate surface area is 115 Å². The summed E-state index contributed by atoms with van der Waals surface area (Å²) in [6.45, 7) is 4.12. The average molecular weight is 310 g/mol. The van der Waals surface area contributed by atoms with Crippen LogP contribution in [-0.4, -0.2) is 20.1 Å². The van der Waals surface area contributed by atoms with E-state index in [0.29, 0.717) is 16.7 Å². The van der Waals surface area contributed by atoms with Crippen LogP contribution in [-0.2, 0) is 13.5 Å². The molecule has 5 heteroatoms. The third-order valence-electron chi connectivity index (χ3n) is 2.85. The van der Waals surface area contributed by atoms with Crippen molar-refractivity contribution < 1.29 is 5.11 Å². The lowest BCUT2D eigenvalue weighted by Gasteiger charge is -2.12. The Morgan fingerprint density at radius 3 is 2.39 bits per heavy atom. The monoisotopic (exact) mass is 309 g/mol. The zero-order valence-corrected chi connectivity index (χ0v) is 12.3. The summed E-state index contributed by atoms with van der Waals surface area (Å²) in [6.07, 6.45) is -0.0527. The maximum Gasteiger partial charge on any atom is 0.154 e. The molecular weight excluding hydrogens is 294 g/mol. The van der Waals surface area contributed by atoms with E-state index in [4.69, 9.17) is 0 Å². The highest BCUT2D eigenvalue weighted by Crippen LogP contribution is 2.24. The standard InChI is InChI=1S/C13H16BrN3O/c1-8-4-9(2)6-10(5-8)7-11(18)12-13(14)15-16-17(12)3/h4-6,11,18H,7H2,1-3H3. The molecule has 0 radical (unpaired) electrons. The second-order valence-corrected chi connectivity index (χ2v) is 5.36. The molecule has 0 amide bonds. The number of hydrogen-bond acceptors (Lipinski definition) is 3.